The SMILES string of the molecule is O=C1CN=C2c3c(cc(F)cc31)CNC(c1ccc(CN3CCC3)cc1)C2c1ncnn1CCCO. The topological polar surface area (TPSA) is 95.6 Å². The van der Waals surface area contributed by atoms with Crippen molar-refractivity contribution in [3.05, 3.63) is 82.2 Å². The second-order valence-electron chi connectivity index (χ2n) is 9.74. The second-order valence-corrected chi connectivity index (χ2v) is 9.74. The van der Waals surface area contributed by atoms with Gasteiger partial charge in [-0.3, -0.25) is 14.7 Å². The van der Waals surface area contributed by atoms with Crippen LogP contribution in [0.3, 0.4) is 0 Å². The number of halogens is 1. The van der Waals surface area contributed by atoms with E-state index < -0.39 is 5.82 Å². The number of hydrogen-bond acceptors (Lipinski definition) is 7. The summed E-state index contributed by atoms with van der Waals surface area (Å²) < 4.78 is 16.3. The molecule has 1 aromatic heterocycles. The third-order valence-corrected chi connectivity index (χ3v) is 7.42. The van der Waals surface area contributed by atoms with Crippen LogP contribution < -0.4 is 5.32 Å². The van der Waals surface area contributed by atoms with Crippen molar-refractivity contribution in [3.8, 4) is 0 Å². The molecule has 0 spiro atoms. The minimum absolute atomic E-state index is 0.0198. The number of likely N-dealkylation sites (tertiary alicyclic amines) is 1. The zero-order valence-electron chi connectivity index (χ0n) is 20.0. The van der Waals surface area contributed by atoms with Gasteiger partial charge >= 0.3 is 0 Å². The average molecular weight is 489 g/mol. The number of Topliss-reactive ketones (excluding diaryl/α,β-unsaturated/α-hetero) is 1. The van der Waals surface area contributed by atoms with Gasteiger partial charge in [0.2, 0.25) is 0 Å². The summed E-state index contributed by atoms with van der Waals surface area (Å²) in [6, 6.07) is 11.2. The Balaban J connectivity index is 1.45. The number of aliphatic hydroxyl groups excluding tert-OH is 1. The van der Waals surface area contributed by atoms with Gasteiger partial charge in [-0.2, -0.15) is 5.10 Å². The molecule has 6 rings (SSSR count). The number of aliphatic hydroxyl groups is 1. The molecule has 0 bridgehead atoms. The summed E-state index contributed by atoms with van der Waals surface area (Å²) in [5.74, 6) is -0.228. The quantitative estimate of drug-likeness (QED) is 0.531. The fourth-order valence-corrected chi connectivity index (χ4v) is 5.51. The van der Waals surface area contributed by atoms with Crippen LogP contribution >= 0.6 is 0 Å². The molecule has 2 atom stereocenters. The number of carbonyl (C=O) groups is 1. The molecule has 4 heterocycles. The van der Waals surface area contributed by atoms with Gasteiger partial charge in [0.15, 0.2) is 5.78 Å². The predicted octanol–water partition coefficient (Wildman–Crippen LogP) is 2.62. The van der Waals surface area contributed by atoms with Crippen molar-refractivity contribution in [2.45, 2.75) is 44.4 Å². The van der Waals surface area contributed by atoms with Crippen LogP contribution in [0.25, 0.3) is 0 Å². The van der Waals surface area contributed by atoms with E-state index in [-0.39, 0.29) is 30.9 Å². The number of benzene rings is 2. The molecule has 2 aromatic carbocycles. The molecule has 0 amide bonds. The summed E-state index contributed by atoms with van der Waals surface area (Å²) in [5.41, 5.74) is 4.88. The van der Waals surface area contributed by atoms with E-state index in [0.717, 1.165) is 36.5 Å². The van der Waals surface area contributed by atoms with Gasteiger partial charge in [-0.15, -0.1) is 0 Å². The Hall–Kier alpha value is -3.27. The highest BCUT2D eigenvalue weighted by atomic mass is 19.1. The predicted molar refractivity (Wildman–Crippen MR) is 133 cm³/mol. The summed E-state index contributed by atoms with van der Waals surface area (Å²) in [6.45, 7) is 4.17. The van der Waals surface area contributed by atoms with E-state index in [4.69, 9.17) is 4.99 Å². The molecule has 2 N–H and O–H groups in total. The molecule has 1 fully saturated rings. The number of aryl methyl sites for hydroxylation is 1. The van der Waals surface area contributed by atoms with Gasteiger partial charge in [0.05, 0.1) is 11.6 Å². The molecule has 1 saturated heterocycles. The Labute approximate surface area is 208 Å². The van der Waals surface area contributed by atoms with Gasteiger partial charge in [-0.05, 0) is 54.8 Å². The van der Waals surface area contributed by atoms with Crippen LogP contribution in [0.15, 0.2) is 47.7 Å². The molecule has 8 nitrogen and oxygen atoms in total. The number of hydrogen-bond donors (Lipinski definition) is 2. The van der Waals surface area contributed by atoms with Gasteiger partial charge < -0.3 is 10.4 Å². The summed E-state index contributed by atoms with van der Waals surface area (Å²) >= 11 is 0. The minimum atomic E-state index is -0.420. The van der Waals surface area contributed by atoms with Crippen molar-refractivity contribution in [1.29, 1.82) is 0 Å². The van der Waals surface area contributed by atoms with Gasteiger partial charge in [0.1, 0.15) is 24.5 Å². The van der Waals surface area contributed by atoms with Crippen LogP contribution in [0, 0.1) is 5.82 Å². The van der Waals surface area contributed by atoms with Crippen molar-refractivity contribution in [1.82, 2.24) is 25.0 Å². The van der Waals surface area contributed by atoms with E-state index in [1.165, 1.54) is 30.4 Å². The number of carbonyl (C=O) groups excluding carboxylic acids is 1. The van der Waals surface area contributed by atoms with E-state index in [0.29, 0.717) is 36.5 Å². The first-order valence-corrected chi connectivity index (χ1v) is 12.6. The van der Waals surface area contributed by atoms with Crippen LogP contribution in [0.2, 0.25) is 0 Å². The summed E-state index contributed by atoms with van der Waals surface area (Å²) in [4.78, 5) is 24.5. The Kier molecular flexibility index (Phi) is 6.20. The van der Waals surface area contributed by atoms with Crippen LogP contribution in [0.1, 0.15) is 63.2 Å². The first kappa shape index (κ1) is 23.1. The number of ketones is 1. The van der Waals surface area contributed by atoms with Crippen LogP contribution in [-0.2, 0) is 19.6 Å². The molecule has 36 heavy (non-hydrogen) atoms. The summed E-state index contributed by atoms with van der Waals surface area (Å²) in [5, 5.41) is 17.5. The zero-order chi connectivity index (χ0) is 24.6. The molecular weight excluding hydrogens is 459 g/mol. The molecule has 0 saturated carbocycles. The third-order valence-electron chi connectivity index (χ3n) is 7.42. The van der Waals surface area contributed by atoms with Crippen molar-refractivity contribution in [2.24, 2.45) is 4.99 Å². The standard InChI is InChI=1S/C27H29FN6O2/c28-20-11-19-13-29-25(18-5-3-17(4-6-18)15-33-7-1-8-33)24(27-31-16-32-34(27)9-2-10-35)26-23(19)21(12-20)22(36)14-30-26/h3-6,11-12,16,24-25,29,35H,1-2,7-10,13-15H2. The van der Waals surface area contributed by atoms with Crippen molar-refractivity contribution < 1.29 is 14.3 Å². The van der Waals surface area contributed by atoms with E-state index in [9.17, 15) is 14.3 Å². The lowest BCUT2D eigenvalue weighted by molar-refractivity contribution is 0.0999. The maximum absolute atomic E-state index is 14.5. The number of rotatable bonds is 7. The number of nitrogens with one attached hydrogen (secondary N) is 1. The Morgan fingerprint density at radius 2 is 2.00 bits per heavy atom. The first-order valence-electron chi connectivity index (χ1n) is 12.6. The molecular formula is C27H29FN6O2. The fourth-order valence-electron chi connectivity index (χ4n) is 5.51. The number of aliphatic imine (C=N–C) groups is 1. The highest BCUT2D eigenvalue weighted by molar-refractivity contribution is 6.18. The summed E-state index contributed by atoms with van der Waals surface area (Å²) in [7, 11) is 0. The number of nitrogens with zero attached hydrogens (tertiary/aromatic N) is 5. The molecule has 0 radical (unpaired) electrons. The fraction of sp³-hybridized carbons (Fsp3) is 0.407. The molecule has 186 valence electrons. The van der Waals surface area contributed by atoms with E-state index in [2.05, 4.69) is 44.6 Å². The average Bonchev–Trinajstić information content (AvgIpc) is 3.25. The van der Waals surface area contributed by atoms with Crippen molar-refractivity contribution in [2.75, 3.05) is 26.2 Å². The monoisotopic (exact) mass is 488 g/mol. The lowest BCUT2D eigenvalue weighted by Gasteiger charge is -2.31. The summed E-state index contributed by atoms with van der Waals surface area (Å²) in [6.07, 6.45) is 3.33. The largest absolute Gasteiger partial charge is 0.396 e. The normalized spacial score (nSPS) is 21.5. The highest BCUT2D eigenvalue weighted by Crippen LogP contribution is 2.40. The smallest absolute Gasteiger partial charge is 0.184 e. The van der Waals surface area contributed by atoms with Crippen molar-refractivity contribution >= 4 is 11.5 Å². The molecule has 2 unspecified atom stereocenters. The van der Waals surface area contributed by atoms with Gasteiger partial charge in [-0.1, -0.05) is 24.3 Å². The van der Waals surface area contributed by atoms with Crippen LogP contribution in [0.5, 0.6) is 0 Å². The van der Waals surface area contributed by atoms with Gasteiger partial charge in [0.25, 0.3) is 0 Å². The van der Waals surface area contributed by atoms with Gasteiger partial charge in [0, 0.05) is 43.4 Å². The highest BCUT2D eigenvalue weighted by Gasteiger charge is 2.40. The maximum Gasteiger partial charge on any atom is 0.184 e. The van der Waals surface area contributed by atoms with E-state index >= 15 is 0 Å². The van der Waals surface area contributed by atoms with Crippen molar-refractivity contribution in [3.63, 3.8) is 0 Å². The lowest BCUT2D eigenvalue weighted by atomic mass is 9.81. The van der Waals surface area contributed by atoms with Crippen LogP contribution in [0.4, 0.5) is 4.39 Å². The van der Waals surface area contributed by atoms with E-state index in [1.807, 2.05) is 0 Å². The molecule has 9 heteroatoms. The van der Waals surface area contributed by atoms with E-state index in [1.54, 1.807) is 4.68 Å². The molecule has 3 aliphatic heterocycles. The van der Waals surface area contributed by atoms with Gasteiger partial charge in [-0.25, -0.2) is 14.1 Å². The lowest BCUT2D eigenvalue weighted by Crippen LogP contribution is -2.36. The maximum atomic E-state index is 14.5. The third kappa shape index (κ3) is 4.17. The Bertz CT molecular complexity index is 1310. The van der Waals surface area contributed by atoms with Crippen LogP contribution in [-0.4, -0.2) is 62.5 Å². The first-order chi connectivity index (χ1) is 17.6. The molecule has 3 aliphatic rings. The molecule has 0 aliphatic carbocycles. The minimum Gasteiger partial charge on any atom is -0.396 e. The molecule has 3 aromatic rings. The zero-order valence-corrected chi connectivity index (χ0v) is 20.0. The Morgan fingerprint density at radius 1 is 1.17 bits per heavy atom. The second kappa shape index (κ2) is 9.65. The Morgan fingerprint density at radius 3 is 2.75 bits per heavy atom. The number of aromatic nitrogens is 3.